The highest BCUT2D eigenvalue weighted by atomic mass is 35.5. The number of piperazine rings is 1. The van der Waals surface area contributed by atoms with Crippen molar-refractivity contribution in [3.8, 4) is 0 Å². The first-order valence-electron chi connectivity index (χ1n) is 13.3. The molecule has 0 unspecified atom stereocenters. The summed E-state index contributed by atoms with van der Waals surface area (Å²) in [7, 11) is 1.29. The topological polar surface area (TPSA) is 128 Å². The highest BCUT2D eigenvalue weighted by molar-refractivity contribution is 7.11. The molecule has 4 aliphatic rings. The van der Waals surface area contributed by atoms with Gasteiger partial charge in [-0.3, -0.25) is 14.7 Å². The van der Waals surface area contributed by atoms with Crippen molar-refractivity contribution in [1.82, 2.24) is 25.0 Å². The zero-order valence-electron chi connectivity index (χ0n) is 22.1. The van der Waals surface area contributed by atoms with Crippen LogP contribution in [0.2, 0.25) is 5.02 Å². The normalized spacial score (nSPS) is 26.3. The molecule has 0 radical (unpaired) electrons. The van der Waals surface area contributed by atoms with Crippen LogP contribution < -0.4 is 5.32 Å². The zero-order chi connectivity index (χ0) is 28.8. The molecular formula is C27H28ClFN6O5S. The van der Waals surface area contributed by atoms with Crippen LogP contribution in [0.25, 0.3) is 0 Å². The van der Waals surface area contributed by atoms with Gasteiger partial charge in [0.25, 0.3) is 0 Å². The van der Waals surface area contributed by atoms with E-state index >= 15 is 0 Å². The van der Waals surface area contributed by atoms with E-state index in [1.165, 1.54) is 36.6 Å². The van der Waals surface area contributed by atoms with E-state index in [0.717, 1.165) is 0 Å². The van der Waals surface area contributed by atoms with E-state index in [0.29, 0.717) is 67.7 Å². The molecule has 6 rings (SSSR count). The van der Waals surface area contributed by atoms with Crippen LogP contribution in [-0.4, -0.2) is 101 Å². The summed E-state index contributed by atoms with van der Waals surface area (Å²) >= 11 is 7.83. The Balaban J connectivity index is 1.26. The van der Waals surface area contributed by atoms with Crippen molar-refractivity contribution in [1.29, 1.82) is 0 Å². The van der Waals surface area contributed by atoms with E-state index in [1.54, 1.807) is 6.20 Å². The van der Waals surface area contributed by atoms with Crippen molar-refractivity contribution in [3.63, 3.8) is 0 Å². The number of methoxy groups -OCH3 is 1. The lowest BCUT2D eigenvalue weighted by Crippen LogP contribution is -2.53. The van der Waals surface area contributed by atoms with E-state index in [2.05, 4.69) is 15.2 Å². The van der Waals surface area contributed by atoms with Crippen molar-refractivity contribution >= 4 is 46.7 Å². The third-order valence-corrected chi connectivity index (χ3v) is 9.28. The third kappa shape index (κ3) is 5.17. The van der Waals surface area contributed by atoms with Crippen LogP contribution in [-0.2, 0) is 14.3 Å². The Labute approximate surface area is 244 Å². The Morgan fingerprint density at radius 3 is 2.71 bits per heavy atom. The maximum Gasteiger partial charge on any atom is 0.338 e. The molecular weight excluding hydrogens is 575 g/mol. The summed E-state index contributed by atoms with van der Waals surface area (Å²) in [6, 6.07) is 2.99. The third-order valence-electron chi connectivity index (χ3n) is 8.17. The molecule has 41 heavy (non-hydrogen) atoms. The minimum absolute atomic E-state index is 0.0436. The number of aliphatic carboxylic acids is 1. The van der Waals surface area contributed by atoms with Gasteiger partial charge in [-0.25, -0.2) is 19.0 Å². The second-order valence-electron chi connectivity index (χ2n) is 10.6. The van der Waals surface area contributed by atoms with Crippen molar-refractivity contribution in [3.05, 3.63) is 62.5 Å². The quantitative estimate of drug-likeness (QED) is 0.463. The lowest BCUT2D eigenvalue weighted by molar-refractivity contribution is -0.146. The van der Waals surface area contributed by atoms with E-state index in [9.17, 15) is 23.9 Å². The van der Waals surface area contributed by atoms with Crippen LogP contribution in [0.1, 0.15) is 29.5 Å². The number of fused-ring (bicyclic) bond motifs is 1. The smallest absolute Gasteiger partial charge is 0.338 e. The highest BCUT2D eigenvalue weighted by Gasteiger charge is 2.48. The minimum atomic E-state index is -0.851. The van der Waals surface area contributed by atoms with Gasteiger partial charge in [-0.2, -0.15) is 0 Å². The lowest BCUT2D eigenvalue weighted by Gasteiger charge is -2.38. The number of carboxylic acid groups (broad SMARTS) is 1. The first-order chi connectivity index (χ1) is 19.7. The SMILES string of the molecule is COC(=O)C1=C(CN2CCN3C(=O)N([C@H]4C[C@H](C(=O)O)C4)C[C@@H]3C2)NC(c2nccs2)=N[C@H]1c1ccc(F)cc1Cl. The van der Waals surface area contributed by atoms with Gasteiger partial charge in [0.15, 0.2) is 10.8 Å². The summed E-state index contributed by atoms with van der Waals surface area (Å²) in [5.41, 5.74) is 1.30. The fourth-order valence-corrected chi connectivity index (χ4v) is 6.84. The molecule has 1 saturated carbocycles. The summed E-state index contributed by atoms with van der Waals surface area (Å²) < 4.78 is 19.1. The maximum atomic E-state index is 13.9. The van der Waals surface area contributed by atoms with E-state index in [-0.39, 0.29) is 34.6 Å². The number of hydrogen-bond acceptors (Lipinski definition) is 9. The molecule has 3 aliphatic heterocycles. The fourth-order valence-electron chi connectivity index (χ4n) is 5.98. The van der Waals surface area contributed by atoms with Gasteiger partial charge in [0, 0.05) is 66.6 Å². The lowest BCUT2D eigenvalue weighted by atomic mass is 9.79. The van der Waals surface area contributed by atoms with Crippen molar-refractivity contribution in [2.45, 2.75) is 31.0 Å². The van der Waals surface area contributed by atoms with Crippen LogP contribution >= 0.6 is 22.9 Å². The molecule has 0 spiro atoms. The van der Waals surface area contributed by atoms with Gasteiger partial charge < -0.3 is 25.0 Å². The molecule has 216 valence electrons. The molecule has 14 heteroatoms. The number of amidine groups is 1. The van der Waals surface area contributed by atoms with E-state index in [4.69, 9.17) is 21.3 Å². The monoisotopic (exact) mass is 602 g/mol. The average molecular weight is 603 g/mol. The van der Waals surface area contributed by atoms with Crippen LogP contribution in [0.15, 0.2) is 46.0 Å². The van der Waals surface area contributed by atoms with Gasteiger partial charge in [-0.1, -0.05) is 17.7 Å². The number of nitrogens with zero attached hydrogens (tertiary/aromatic N) is 5. The number of hydrogen-bond donors (Lipinski definition) is 2. The number of nitrogens with one attached hydrogen (secondary N) is 1. The predicted octanol–water partition coefficient (Wildman–Crippen LogP) is 2.74. The molecule has 0 bridgehead atoms. The molecule has 4 heterocycles. The number of aliphatic imine (C=N–C) groups is 1. The molecule has 1 aromatic heterocycles. The molecule has 3 fully saturated rings. The van der Waals surface area contributed by atoms with Crippen molar-refractivity contribution in [2.75, 3.05) is 39.8 Å². The first kappa shape index (κ1) is 27.6. The Kier molecular flexibility index (Phi) is 7.43. The Morgan fingerprint density at radius 1 is 1.22 bits per heavy atom. The molecule has 1 aromatic carbocycles. The number of aromatic nitrogens is 1. The number of esters is 1. The number of halogens is 2. The number of urea groups is 1. The number of carboxylic acids is 1. The molecule has 1 aliphatic carbocycles. The van der Waals surface area contributed by atoms with Crippen LogP contribution in [0.5, 0.6) is 0 Å². The molecule has 2 amide bonds. The van der Waals surface area contributed by atoms with Gasteiger partial charge in [-0.15, -0.1) is 11.3 Å². The molecule has 2 atom stereocenters. The van der Waals surface area contributed by atoms with Crippen LogP contribution in [0, 0.1) is 11.7 Å². The summed E-state index contributed by atoms with van der Waals surface area (Å²) in [5.74, 6) is -1.82. The van der Waals surface area contributed by atoms with Gasteiger partial charge in [0.1, 0.15) is 11.9 Å². The van der Waals surface area contributed by atoms with E-state index in [1.807, 2.05) is 15.2 Å². The number of rotatable bonds is 7. The Hall–Kier alpha value is -3.55. The van der Waals surface area contributed by atoms with Gasteiger partial charge in [-0.05, 0) is 25.0 Å². The van der Waals surface area contributed by atoms with Crippen LogP contribution in [0.3, 0.4) is 0 Å². The number of ether oxygens (including phenoxy) is 1. The van der Waals surface area contributed by atoms with Gasteiger partial charge in [0.2, 0.25) is 0 Å². The summed E-state index contributed by atoms with van der Waals surface area (Å²) in [5, 5.41) is 15.1. The van der Waals surface area contributed by atoms with Gasteiger partial charge in [0.05, 0.1) is 24.6 Å². The van der Waals surface area contributed by atoms with Crippen molar-refractivity contribution in [2.24, 2.45) is 10.9 Å². The number of carbonyl (C=O) groups is 3. The molecule has 11 nitrogen and oxygen atoms in total. The summed E-state index contributed by atoms with van der Waals surface area (Å²) in [4.78, 5) is 52.5. The number of carbonyl (C=O) groups excluding carboxylic acids is 2. The second kappa shape index (κ2) is 11.0. The first-order valence-corrected chi connectivity index (χ1v) is 14.5. The second-order valence-corrected chi connectivity index (χ2v) is 11.9. The average Bonchev–Trinajstić information content (AvgIpc) is 3.56. The maximum absolute atomic E-state index is 13.9. The zero-order valence-corrected chi connectivity index (χ0v) is 23.7. The highest BCUT2D eigenvalue weighted by Crippen LogP contribution is 2.38. The molecule has 2 N–H and O–H groups in total. The molecule has 2 aromatic rings. The largest absolute Gasteiger partial charge is 0.481 e. The van der Waals surface area contributed by atoms with Crippen molar-refractivity contribution < 1.29 is 28.6 Å². The Morgan fingerprint density at radius 2 is 2.02 bits per heavy atom. The Bertz CT molecular complexity index is 1450. The summed E-state index contributed by atoms with van der Waals surface area (Å²) in [6.07, 6.45) is 2.62. The standard InChI is InChI=1S/C27H28ClFN6O5S/c1-40-26(38)21-20(31-23(24-30-4-7-41-24)32-22(21)18-3-2-15(29)10-19(18)28)13-33-5-6-34-17(11-33)12-35(27(34)39)16-8-14(9-16)25(36)37/h2-4,7,10,14,16-17,22H,5-6,8-9,11-13H2,1H3,(H,31,32)(H,36,37)/t14-,16-,17-,22-/m0/s1. The number of amides is 2. The fraction of sp³-hybridized carbons (Fsp3) is 0.444. The molecule has 2 saturated heterocycles. The summed E-state index contributed by atoms with van der Waals surface area (Å²) in [6.45, 7) is 2.53. The number of thiazole rings is 1. The predicted molar refractivity (Wildman–Crippen MR) is 148 cm³/mol. The van der Waals surface area contributed by atoms with Crippen LogP contribution in [0.4, 0.5) is 9.18 Å². The van der Waals surface area contributed by atoms with Gasteiger partial charge >= 0.3 is 18.0 Å². The number of benzene rings is 1. The minimum Gasteiger partial charge on any atom is -0.481 e. The van der Waals surface area contributed by atoms with E-state index < -0.39 is 23.8 Å².